The van der Waals surface area contributed by atoms with Gasteiger partial charge in [-0.2, -0.15) is 0 Å². The second-order valence-corrected chi connectivity index (χ2v) is 5.79. The van der Waals surface area contributed by atoms with Crippen LogP contribution in [-0.2, 0) is 0 Å². The summed E-state index contributed by atoms with van der Waals surface area (Å²) in [6, 6.07) is 11.2. The van der Waals surface area contributed by atoms with Crippen molar-refractivity contribution in [3.8, 4) is 0 Å². The zero-order valence-electron chi connectivity index (χ0n) is 10.2. The van der Waals surface area contributed by atoms with Crippen LogP contribution in [0.15, 0.2) is 53.7 Å². The van der Waals surface area contributed by atoms with Crippen LogP contribution in [0.5, 0.6) is 0 Å². The number of nitrogens with zero attached hydrogens (tertiary/aromatic N) is 2. The van der Waals surface area contributed by atoms with Crippen molar-refractivity contribution in [3.63, 3.8) is 0 Å². The standard InChI is InChI=1S/C14H9Cl2N3S/c15-9-6-10(16)8-11(7-9)20-19-13-3-1-2-12-14(13)18-5-4-17-12/h1-8,19H. The maximum absolute atomic E-state index is 5.98. The second-order valence-electron chi connectivity index (χ2n) is 4.04. The lowest BCUT2D eigenvalue weighted by Crippen LogP contribution is -1.91. The fourth-order valence-corrected chi connectivity index (χ4v) is 3.20. The summed E-state index contributed by atoms with van der Waals surface area (Å²) in [6.07, 6.45) is 3.35. The number of aromatic nitrogens is 2. The Morgan fingerprint density at radius 3 is 2.50 bits per heavy atom. The lowest BCUT2D eigenvalue weighted by atomic mass is 10.2. The van der Waals surface area contributed by atoms with Crippen LogP contribution in [0.1, 0.15) is 0 Å². The molecule has 0 aliphatic rings. The van der Waals surface area contributed by atoms with Crippen molar-refractivity contribution in [3.05, 3.63) is 58.8 Å². The van der Waals surface area contributed by atoms with Crippen LogP contribution >= 0.6 is 35.1 Å². The van der Waals surface area contributed by atoms with Crippen molar-refractivity contribution in [2.24, 2.45) is 0 Å². The van der Waals surface area contributed by atoms with Gasteiger partial charge in [-0.15, -0.1) is 0 Å². The molecule has 0 bridgehead atoms. The maximum atomic E-state index is 5.98. The highest BCUT2D eigenvalue weighted by atomic mass is 35.5. The molecule has 20 heavy (non-hydrogen) atoms. The van der Waals surface area contributed by atoms with Gasteiger partial charge in [0.05, 0.1) is 11.2 Å². The number of rotatable bonds is 3. The summed E-state index contributed by atoms with van der Waals surface area (Å²) >= 11 is 13.4. The number of benzene rings is 2. The average molecular weight is 322 g/mol. The molecule has 6 heteroatoms. The molecule has 1 heterocycles. The van der Waals surface area contributed by atoms with E-state index in [2.05, 4.69) is 14.7 Å². The van der Waals surface area contributed by atoms with Gasteiger partial charge in [0.1, 0.15) is 5.52 Å². The summed E-state index contributed by atoms with van der Waals surface area (Å²) < 4.78 is 3.26. The molecule has 100 valence electrons. The third kappa shape index (κ3) is 2.98. The molecule has 3 nitrogen and oxygen atoms in total. The first-order valence-electron chi connectivity index (χ1n) is 5.81. The Kier molecular flexibility index (Phi) is 3.96. The van der Waals surface area contributed by atoms with Crippen molar-refractivity contribution in [1.29, 1.82) is 0 Å². The molecule has 2 aromatic carbocycles. The topological polar surface area (TPSA) is 37.8 Å². The molecule has 3 aromatic rings. The van der Waals surface area contributed by atoms with E-state index in [4.69, 9.17) is 23.2 Å². The quantitative estimate of drug-likeness (QED) is 0.684. The monoisotopic (exact) mass is 321 g/mol. The van der Waals surface area contributed by atoms with Crippen LogP contribution in [0.25, 0.3) is 11.0 Å². The smallest absolute Gasteiger partial charge is 0.113 e. The summed E-state index contributed by atoms with van der Waals surface area (Å²) in [7, 11) is 0. The lowest BCUT2D eigenvalue weighted by Gasteiger charge is -2.08. The Balaban J connectivity index is 1.87. The highest BCUT2D eigenvalue weighted by Gasteiger charge is 2.04. The number of para-hydroxylation sites is 1. The zero-order chi connectivity index (χ0) is 13.9. The summed E-state index contributed by atoms with van der Waals surface area (Å²) in [5.74, 6) is 0. The first-order valence-corrected chi connectivity index (χ1v) is 7.38. The number of hydrogen-bond donors (Lipinski definition) is 1. The molecule has 0 radical (unpaired) electrons. The SMILES string of the molecule is Clc1cc(Cl)cc(SNc2cccc3nccnc23)c1. The van der Waals surface area contributed by atoms with E-state index in [-0.39, 0.29) is 0 Å². The summed E-state index contributed by atoms with van der Waals surface area (Å²) in [5, 5.41) is 1.22. The minimum absolute atomic E-state index is 0.611. The van der Waals surface area contributed by atoms with Crippen LogP contribution in [0.3, 0.4) is 0 Å². The van der Waals surface area contributed by atoms with E-state index >= 15 is 0 Å². The molecule has 1 aromatic heterocycles. The normalized spacial score (nSPS) is 10.7. The highest BCUT2D eigenvalue weighted by Crippen LogP contribution is 2.29. The maximum Gasteiger partial charge on any atom is 0.113 e. The summed E-state index contributed by atoms with van der Waals surface area (Å²) in [6.45, 7) is 0. The summed E-state index contributed by atoms with van der Waals surface area (Å²) in [4.78, 5) is 9.54. The Labute approximate surface area is 130 Å². The molecule has 3 rings (SSSR count). The lowest BCUT2D eigenvalue weighted by molar-refractivity contribution is 1.29. The molecular weight excluding hydrogens is 313 g/mol. The molecular formula is C14H9Cl2N3S. The second kappa shape index (κ2) is 5.87. The van der Waals surface area contributed by atoms with Gasteiger partial charge in [-0.25, -0.2) is 0 Å². The molecule has 0 spiro atoms. The number of anilines is 1. The first kappa shape index (κ1) is 13.5. The molecule has 0 aliphatic carbocycles. The minimum atomic E-state index is 0.611. The van der Waals surface area contributed by atoms with Gasteiger partial charge in [0.25, 0.3) is 0 Å². The van der Waals surface area contributed by atoms with E-state index in [1.54, 1.807) is 18.5 Å². The van der Waals surface area contributed by atoms with Gasteiger partial charge in [-0.1, -0.05) is 29.3 Å². The van der Waals surface area contributed by atoms with Crippen LogP contribution in [0.2, 0.25) is 10.0 Å². The van der Waals surface area contributed by atoms with E-state index in [9.17, 15) is 0 Å². The van der Waals surface area contributed by atoms with Crippen molar-refractivity contribution in [1.82, 2.24) is 9.97 Å². The van der Waals surface area contributed by atoms with E-state index in [1.165, 1.54) is 11.9 Å². The predicted molar refractivity (Wildman–Crippen MR) is 85.5 cm³/mol. The Bertz CT molecular complexity index is 739. The zero-order valence-corrected chi connectivity index (χ0v) is 12.5. The van der Waals surface area contributed by atoms with E-state index in [1.807, 2.05) is 30.3 Å². The third-order valence-electron chi connectivity index (χ3n) is 2.61. The molecule has 0 saturated carbocycles. The number of fused-ring (bicyclic) bond motifs is 1. The van der Waals surface area contributed by atoms with Crippen LogP contribution in [0, 0.1) is 0 Å². The fraction of sp³-hybridized carbons (Fsp3) is 0. The molecule has 0 aliphatic heterocycles. The number of nitrogens with one attached hydrogen (secondary N) is 1. The van der Waals surface area contributed by atoms with Gasteiger partial charge in [0, 0.05) is 27.3 Å². The Hall–Kier alpha value is -1.49. The molecule has 0 saturated heterocycles. The Morgan fingerprint density at radius 2 is 1.70 bits per heavy atom. The predicted octanol–water partition coefficient (Wildman–Crippen LogP) is 5.06. The van der Waals surface area contributed by atoms with Gasteiger partial charge in [0.15, 0.2) is 0 Å². The van der Waals surface area contributed by atoms with Crippen molar-refractivity contribution >= 4 is 51.9 Å². The largest absolute Gasteiger partial charge is 0.324 e. The van der Waals surface area contributed by atoms with Crippen molar-refractivity contribution < 1.29 is 0 Å². The molecule has 0 unspecified atom stereocenters. The first-order chi connectivity index (χ1) is 9.72. The highest BCUT2D eigenvalue weighted by molar-refractivity contribution is 8.00. The third-order valence-corrected chi connectivity index (χ3v) is 3.84. The van der Waals surface area contributed by atoms with E-state index in [0.29, 0.717) is 10.0 Å². The van der Waals surface area contributed by atoms with Crippen LogP contribution in [-0.4, -0.2) is 9.97 Å². The molecule has 1 N–H and O–H groups in total. The minimum Gasteiger partial charge on any atom is -0.324 e. The van der Waals surface area contributed by atoms with Crippen LogP contribution < -0.4 is 4.72 Å². The Morgan fingerprint density at radius 1 is 0.950 bits per heavy atom. The summed E-state index contributed by atoms with van der Waals surface area (Å²) in [5.41, 5.74) is 2.58. The van der Waals surface area contributed by atoms with Gasteiger partial charge in [0.2, 0.25) is 0 Å². The van der Waals surface area contributed by atoms with Gasteiger partial charge in [-0.05, 0) is 42.3 Å². The van der Waals surface area contributed by atoms with Crippen molar-refractivity contribution in [2.45, 2.75) is 4.90 Å². The van der Waals surface area contributed by atoms with Gasteiger partial charge >= 0.3 is 0 Å². The molecule has 0 atom stereocenters. The fourth-order valence-electron chi connectivity index (χ4n) is 1.78. The average Bonchev–Trinajstić information content (AvgIpc) is 2.44. The van der Waals surface area contributed by atoms with E-state index in [0.717, 1.165) is 21.6 Å². The van der Waals surface area contributed by atoms with Crippen LogP contribution in [0.4, 0.5) is 5.69 Å². The van der Waals surface area contributed by atoms with E-state index < -0.39 is 0 Å². The molecule has 0 amide bonds. The van der Waals surface area contributed by atoms with Gasteiger partial charge in [-0.3, -0.25) is 9.97 Å². The number of hydrogen-bond acceptors (Lipinski definition) is 4. The number of halogens is 2. The van der Waals surface area contributed by atoms with Crippen molar-refractivity contribution in [2.75, 3.05) is 4.72 Å². The molecule has 0 fully saturated rings. The van der Waals surface area contributed by atoms with Gasteiger partial charge < -0.3 is 4.72 Å².